The van der Waals surface area contributed by atoms with E-state index in [1.807, 2.05) is 0 Å². The fourth-order valence-electron chi connectivity index (χ4n) is 2.42. The van der Waals surface area contributed by atoms with Crippen LogP contribution in [0.2, 0.25) is 0 Å². The average Bonchev–Trinajstić information content (AvgIpc) is 2.42. The SMILES string of the molecule is COc1cc(C2(N)CCC(F)(F)CC2)c(OC)cn1. The average molecular weight is 272 g/mol. The third kappa shape index (κ3) is 2.78. The van der Waals surface area contributed by atoms with Crippen LogP contribution in [-0.2, 0) is 5.54 Å². The van der Waals surface area contributed by atoms with Crippen LogP contribution in [0.4, 0.5) is 8.78 Å². The van der Waals surface area contributed by atoms with Crippen LogP contribution in [0, 0.1) is 0 Å². The molecule has 106 valence electrons. The van der Waals surface area contributed by atoms with Crippen molar-refractivity contribution < 1.29 is 18.3 Å². The summed E-state index contributed by atoms with van der Waals surface area (Å²) in [6, 6.07) is 1.67. The molecular weight excluding hydrogens is 254 g/mol. The minimum absolute atomic E-state index is 0.211. The van der Waals surface area contributed by atoms with Gasteiger partial charge in [0.15, 0.2) is 0 Å². The maximum absolute atomic E-state index is 13.3. The molecule has 0 bridgehead atoms. The molecule has 1 aromatic rings. The zero-order valence-corrected chi connectivity index (χ0v) is 11.1. The van der Waals surface area contributed by atoms with E-state index in [9.17, 15) is 8.78 Å². The molecular formula is C13H18F2N2O2. The second-order valence-corrected chi connectivity index (χ2v) is 4.94. The molecule has 6 heteroatoms. The Kier molecular flexibility index (Phi) is 3.62. The minimum atomic E-state index is -2.62. The predicted octanol–water partition coefficient (Wildman–Crippen LogP) is 2.46. The van der Waals surface area contributed by atoms with Crippen molar-refractivity contribution >= 4 is 0 Å². The van der Waals surface area contributed by atoms with Gasteiger partial charge >= 0.3 is 0 Å². The lowest BCUT2D eigenvalue weighted by Crippen LogP contribution is -2.43. The number of hydrogen-bond donors (Lipinski definition) is 1. The van der Waals surface area contributed by atoms with Crippen molar-refractivity contribution in [3.05, 3.63) is 17.8 Å². The van der Waals surface area contributed by atoms with Gasteiger partial charge in [-0.15, -0.1) is 0 Å². The smallest absolute Gasteiger partial charge is 0.248 e. The first-order chi connectivity index (χ1) is 8.90. The van der Waals surface area contributed by atoms with Gasteiger partial charge in [0.05, 0.1) is 20.4 Å². The fourth-order valence-corrected chi connectivity index (χ4v) is 2.42. The molecule has 0 amide bonds. The lowest BCUT2D eigenvalue weighted by atomic mass is 9.76. The number of halogens is 2. The number of methoxy groups -OCH3 is 2. The van der Waals surface area contributed by atoms with E-state index < -0.39 is 11.5 Å². The molecule has 19 heavy (non-hydrogen) atoms. The molecule has 0 atom stereocenters. The van der Waals surface area contributed by atoms with Crippen LogP contribution in [0.25, 0.3) is 0 Å². The minimum Gasteiger partial charge on any atom is -0.495 e. The van der Waals surface area contributed by atoms with E-state index in [4.69, 9.17) is 15.2 Å². The van der Waals surface area contributed by atoms with Crippen molar-refractivity contribution in [1.82, 2.24) is 4.98 Å². The Labute approximate surface area is 110 Å². The van der Waals surface area contributed by atoms with E-state index in [1.165, 1.54) is 20.4 Å². The normalized spacial score (nSPS) is 20.9. The van der Waals surface area contributed by atoms with Crippen LogP contribution < -0.4 is 15.2 Å². The molecule has 1 saturated carbocycles. The molecule has 1 aromatic heterocycles. The number of rotatable bonds is 3. The lowest BCUT2D eigenvalue weighted by molar-refractivity contribution is -0.0516. The summed E-state index contributed by atoms with van der Waals surface area (Å²) in [4.78, 5) is 4.03. The molecule has 2 rings (SSSR count). The van der Waals surface area contributed by atoms with Gasteiger partial charge in [-0.25, -0.2) is 13.8 Å². The first-order valence-electron chi connectivity index (χ1n) is 6.15. The lowest BCUT2D eigenvalue weighted by Gasteiger charge is -2.38. The molecule has 1 fully saturated rings. The van der Waals surface area contributed by atoms with Crippen LogP contribution in [0.1, 0.15) is 31.2 Å². The van der Waals surface area contributed by atoms with E-state index in [0.29, 0.717) is 17.2 Å². The Morgan fingerprint density at radius 3 is 2.32 bits per heavy atom. The molecule has 4 nitrogen and oxygen atoms in total. The molecule has 1 aliphatic carbocycles. The van der Waals surface area contributed by atoms with E-state index in [0.717, 1.165) is 0 Å². The van der Waals surface area contributed by atoms with Crippen molar-refractivity contribution in [2.75, 3.05) is 14.2 Å². The summed E-state index contributed by atoms with van der Waals surface area (Å²) < 4.78 is 36.8. The van der Waals surface area contributed by atoms with Crippen molar-refractivity contribution in [3.8, 4) is 11.6 Å². The summed E-state index contributed by atoms with van der Waals surface area (Å²) in [6.45, 7) is 0. The molecule has 0 radical (unpaired) electrons. The molecule has 2 N–H and O–H groups in total. The second-order valence-electron chi connectivity index (χ2n) is 4.94. The highest BCUT2D eigenvalue weighted by molar-refractivity contribution is 5.40. The molecule has 0 aliphatic heterocycles. The summed E-state index contributed by atoms with van der Waals surface area (Å²) in [5.41, 5.74) is 6.17. The number of nitrogens with zero attached hydrogens (tertiary/aromatic N) is 1. The number of nitrogens with two attached hydrogens (primary N) is 1. The largest absolute Gasteiger partial charge is 0.495 e. The van der Waals surface area contributed by atoms with Gasteiger partial charge in [-0.3, -0.25) is 0 Å². The van der Waals surface area contributed by atoms with E-state index >= 15 is 0 Å². The Bertz CT molecular complexity index is 456. The van der Waals surface area contributed by atoms with Gasteiger partial charge < -0.3 is 15.2 Å². The summed E-state index contributed by atoms with van der Waals surface area (Å²) in [6.07, 6.45) is 1.51. The summed E-state index contributed by atoms with van der Waals surface area (Å²) in [5.74, 6) is -1.71. The third-order valence-corrected chi connectivity index (χ3v) is 3.68. The van der Waals surface area contributed by atoms with E-state index in [1.54, 1.807) is 6.07 Å². The highest BCUT2D eigenvalue weighted by atomic mass is 19.3. The van der Waals surface area contributed by atoms with Gasteiger partial charge in [-0.05, 0) is 12.8 Å². The molecule has 0 spiro atoms. The summed E-state index contributed by atoms with van der Waals surface area (Å²) >= 11 is 0. The maximum atomic E-state index is 13.3. The number of aromatic nitrogens is 1. The first-order valence-corrected chi connectivity index (χ1v) is 6.15. The molecule has 1 aliphatic rings. The molecule has 1 heterocycles. The van der Waals surface area contributed by atoms with Gasteiger partial charge in [0.25, 0.3) is 0 Å². The first kappa shape index (κ1) is 14.0. The molecule has 0 saturated heterocycles. The number of pyridine rings is 1. The Balaban J connectivity index is 2.34. The summed E-state index contributed by atoms with van der Waals surface area (Å²) in [5, 5.41) is 0. The topological polar surface area (TPSA) is 57.4 Å². The van der Waals surface area contributed by atoms with Crippen LogP contribution in [0.5, 0.6) is 11.6 Å². The monoisotopic (exact) mass is 272 g/mol. The van der Waals surface area contributed by atoms with Gasteiger partial charge in [0.1, 0.15) is 5.75 Å². The highest BCUT2D eigenvalue weighted by Crippen LogP contribution is 2.45. The quantitative estimate of drug-likeness (QED) is 0.918. The van der Waals surface area contributed by atoms with E-state index in [-0.39, 0.29) is 25.7 Å². The number of hydrogen-bond acceptors (Lipinski definition) is 4. The Hall–Kier alpha value is -1.43. The van der Waals surface area contributed by atoms with Crippen molar-refractivity contribution in [2.45, 2.75) is 37.1 Å². The third-order valence-electron chi connectivity index (χ3n) is 3.68. The standard InChI is InChI=1S/C13H18F2N2O2/c1-18-10-8-17-11(19-2)7-9(10)12(16)3-5-13(14,15)6-4-12/h7-8H,3-6,16H2,1-2H3. The fraction of sp³-hybridized carbons (Fsp3) is 0.615. The highest BCUT2D eigenvalue weighted by Gasteiger charge is 2.43. The zero-order chi connectivity index (χ0) is 14.1. The maximum Gasteiger partial charge on any atom is 0.248 e. The predicted molar refractivity (Wildman–Crippen MR) is 66.6 cm³/mol. The van der Waals surface area contributed by atoms with Crippen molar-refractivity contribution in [3.63, 3.8) is 0 Å². The number of alkyl halides is 2. The van der Waals surface area contributed by atoms with Crippen LogP contribution in [0.3, 0.4) is 0 Å². The van der Waals surface area contributed by atoms with E-state index in [2.05, 4.69) is 4.98 Å². The van der Waals surface area contributed by atoms with Crippen molar-refractivity contribution in [2.24, 2.45) is 5.73 Å². The number of ether oxygens (including phenoxy) is 2. The second kappa shape index (κ2) is 4.92. The van der Waals surface area contributed by atoms with Gasteiger partial charge in [0, 0.05) is 30.0 Å². The van der Waals surface area contributed by atoms with Crippen LogP contribution in [-0.4, -0.2) is 25.1 Å². The van der Waals surface area contributed by atoms with Gasteiger partial charge in [0.2, 0.25) is 11.8 Å². The molecule has 0 unspecified atom stereocenters. The summed E-state index contributed by atoms with van der Waals surface area (Å²) in [7, 11) is 3.00. The molecule has 0 aromatic carbocycles. The van der Waals surface area contributed by atoms with Gasteiger partial charge in [-0.2, -0.15) is 0 Å². The van der Waals surface area contributed by atoms with Crippen LogP contribution >= 0.6 is 0 Å². The zero-order valence-electron chi connectivity index (χ0n) is 11.1. The van der Waals surface area contributed by atoms with Crippen molar-refractivity contribution in [1.29, 1.82) is 0 Å². The van der Waals surface area contributed by atoms with Gasteiger partial charge in [-0.1, -0.05) is 0 Å². The Morgan fingerprint density at radius 1 is 1.16 bits per heavy atom. The Morgan fingerprint density at radius 2 is 1.79 bits per heavy atom. The van der Waals surface area contributed by atoms with Crippen LogP contribution in [0.15, 0.2) is 12.3 Å².